The zero-order valence-corrected chi connectivity index (χ0v) is 14.3. The van der Waals surface area contributed by atoms with Crippen LogP contribution in [-0.4, -0.2) is 30.6 Å². The van der Waals surface area contributed by atoms with Gasteiger partial charge in [-0.15, -0.1) is 0 Å². The van der Waals surface area contributed by atoms with E-state index < -0.39 is 5.82 Å². The molecule has 2 rings (SSSR count). The van der Waals surface area contributed by atoms with Crippen molar-refractivity contribution in [2.45, 2.75) is 58.7 Å². The van der Waals surface area contributed by atoms with Crippen LogP contribution in [0.25, 0.3) is 0 Å². The first-order valence-electron chi connectivity index (χ1n) is 8.22. The topological polar surface area (TPSA) is 47.6 Å². The average Bonchev–Trinajstić information content (AvgIpc) is 2.41. The fraction of sp³-hybridized carbons (Fsp3) is 0.611. The third kappa shape index (κ3) is 5.50. The second-order valence-electron chi connectivity index (χ2n) is 6.76. The van der Waals surface area contributed by atoms with Gasteiger partial charge < -0.3 is 14.8 Å². The predicted molar refractivity (Wildman–Crippen MR) is 87.4 cm³/mol. The fourth-order valence-corrected chi connectivity index (χ4v) is 2.47. The average molecular weight is 323 g/mol. The molecule has 0 atom stereocenters. The molecule has 0 heterocycles. The molecule has 128 valence electrons. The second kappa shape index (κ2) is 7.77. The molecular weight excluding hydrogens is 297 g/mol. The summed E-state index contributed by atoms with van der Waals surface area (Å²) in [7, 11) is 0. The van der Waals surface area contributed by atoms with Crippen LogP contribution in [0.15, 0.2) is 18.2 Å². The number of hydrogen-bond donors (Lipinski definition) is 1. The molecule has 1 aliphatic carbocycles. The molecule has 0 aromatic heterocycles. The summed E-state index contributed by atoms with van der Waals surface area (Å²) < 4.78 is 24.8. The highest BCUT2D eigenvalue weighted by Gasteiger charge is 2.31. The number of carbonyl (C=O) groups excluding carboxylic acids is 1. The zero-order chi connectivity index (χ0) is 17.0. The van der Waals surface area contributed by atoms with Gasteiger partial charge in [0.15, 0.2) is 5.78 Å². The van der Waals surface area contributed by atoms with E-state index in [4.69, 9.17) is 9.47 Å². The standard InChI is InChI=1S/C18H26FNO3/c1-11(2)18(21)10-22-15-5-13(19)6-16(9-15)23-17-7-14(8-17)20-12(3)4/h5-6,9,11-12,14,17,20H,7-8,10H2,1-4H3. The molecule has 1 aliphatic rings. The Labute approximate surface area is 137 Å². The Hall–Kier alpha value is -1.62. The molecule has 1 aromatic rings. The highest BCUT2D eigenvalue weighted by Crippen LogP contribution is 2.29. The fourth-order valence-electron chi connectivity index (χ4n) is 2.47. The lowest BCUT2D eigenvalue weighted by Gasteiger charge is -2.37. The van der Waals surface area contributed by atoms with Crippen molar-refractivity contribution in [3.8, 4) is 11.5 Å². The van der Waals surface area contributed by atoms with Crippen LogP contribution in [0.1, 0.15) is 40.5 Å². The first-order chi connectivity index (χ1) is 10.8. The molecule has 1 aromatic carbocycles. The molecule has 1 fully saturated rings. The van der Waals surface area contributed by atoms with Crippen LogP contribution in [0.4, 0.5) is 4.39 Å². The van der Waals surface area contributed by atoms with Crippen molar-refractivity contribution >= 4 is 5.78 Å². The van der Waals surface area contributed by atoms with Crippen molar-refractivity contribution in [3.63, 3.8) is 0 Å². The number of benzene rings is 1. The highest BCUT2D eigenvalue weighted by molar-refractivity contribution is 5.81. The van der Waals surface area contributed by atoms with E-state index in [1.54, 1.807) is 6.07 Å². The first-order valence-corrected chi connectivity index (χ1v) is 8.22. The lowest BCUT2D eigenvalue weighted by Crippen LogP contribution is -2.49. The van der Waals surface area contributed by atoms with Crippen LogP contribution in [0.3, 0.4) is 0 Å². The van der Waals surface area contributed by atoms with E-state index in [0.29, 0.717) is 23.6 Å². The van der Waals surface area contributed by atoms with E-state index in [-0.39, 0.29) is 24.4 Å². The third-order valence-corrected chi connectivity index (χ3v) is 3.84. The number of ketones is 1. The van der Waals surface area contributed by atoms with Crippen molar-refractivity contribution in [1.29, 1.82) is 0 Å². The van der Waals surface area contributed by atoms with Crippen LogP contribution < -0.4 is 14.8 Å². The van der Waals surface area contributed by atoms with Gasteiger partial charge in [-0.2, -0.15) is 0 Å². The summed E-state index contributed by atoms with van der Waals surface area (Å²) in [5.74, 6) is 0.235. The van der Waals surface area contributed by atoms with Gasteiger partial charge in [-0.1, -0.05) is 27.7 Å². The van der Waals surface area contributed by atoms with Crippen molar-refractivity contribution < 1.29 is 18.7 Å². The molecule has 0 saturated heterocycles. The van der Waals surface area contributed by atoms with Crippen LogP contribution in [0, 0.1) is 11.7 Å². The molecule has 0 bridgehead atoms. The Morgan fingerprint density at radius 3 is 2.48 bits per heavy atom. The van der Waals surface area contributed by atoms with Crippen molar-refractivity contribution in [3.05, 3.63) is 24.0 Å². The SMILES string of the molecule is CC(C)NC1CC(Oc2cc(F)cc(OCC(=O)C(C)C)c2)C1. The van der Waals surface area contributed by atoms with E-state index in [9.17, 15) is 9.18 Å². The smallest absolute Gasteiger partial charge is 0.172 e. The van der Waals surface area contributed by atoms with Crippen LogP contribution in [0.5, 0.6) is 11.5 Å². The molecule has 0 spiro atoms. The molecule has 1 saturated carbocycles. The van der Waals surface area contributed by atoms with Gasteiger partial charge in [0.05, 0.1) is 0 Å². The third-order valence-electron chi connectivity index (χ3n) is 3.84. The number of nitrogens with one attached hydrogen (secondary N) is 1. The van der Waals surface area contributed by atoms with E-state index in [0.717, 1.165) is 12.8 Å². The number of rotatable bonds is 8. The summed E-state index contributed by atoms with van der Waals surface area (Å²) in [6, 6.07) is 5.17. The Morgan fingerprint density at radius 2 is 1.87 bits per heavy atom. The number of halogens is 1. The maximum atomic E-state index is 13.7. The van der Waals surface area contributed by atoms with Crippen LogP contribution >= 0.6 is 0 Å². The van der Waals surface area contributed by atoms with E-state index in [1.807, 2.05) is 13.8 Å². The number of Topliss-reactive ketones (excluding diaryl/α,β-unsaturated/α-hetero) is 1. The molecule has 0 aliphatic heterocycles. The van der Waals surface area contributed by atoms with Crippen molar-refractivity contribution in [1.82, 2.24) is 5.32 Å². The van der Waals surface area contributed by atoms with Crippen LogP contribution in [0.2, 0.25) is 0 Å². The Kier molecular flexibility index (Phi) is 5.99. The summed E-state index contributed by atoms with van der Waals surface area (Å²) >= 11 is 0. The predicted octanol–water partition coefficient (Wildman–Crippen LogP) is 3.34. The Bertz CT molecular complexity index is 539. The van der Waals surface area contributed by atoms with Crippen molar-refractivity contribution in [2.75, 3.05) is 6.61 Å². The molecule has 0 unspecified atom stereocenters. The van der Waals surface area contributed by atoms with E-state index in [2.05, 4.69) is 19.2 Å². The Balaban J connectivity index is 1.87. The lowest BCUT2D eigenvalue weighted by atomic mass is 9.88. The number of carbonyl (C=O) groups is 1. The highest BCUT2D eigenvalue weighted by atomic mass is 19.1. The quantitative estimate of drug-likeness (QED) is 0.797. The number of ether oxygens (including phenoxy) is 2. The van der Waals surface area contributed by atoms with Gasteiger partial charge in [-0.25, -0.2) is 4.39 Å². The van der Waals surface area contributed by atoms with Gasteiger partial charge in [-0.3, -0.25) is 4.79 Å². The molecular formula is C18H26FNO3. The summed E-state index contributed by atoms with van der Waals surface area (Å²) in [5.41, 5.74) is 0. The van der Waals surface area contributed by atoms with E-state index in [1.165, 1.54) is 12.1 Å². The maximum absolute atomic E-state index is 13.7. The molecule has 0 amide bonds. The summed E-state index contributed by atoms with van der Waals surface area (Å²) in [6.45, 7) is 7.80. The van der Waals surface area contributed by atoms with Gasteiger partial charge in [-0.05, 0) is 12.8 Å². The minimum atomic E-state index is -0.425. The van der Waals surface area contributed by atoms with Gasteiger partial charge >= 0.3 is 0 Å². The minimum Gasteiger partial charge on any atom is -0.490 e. The van der Waals surface area contributed by atoms with Crippen molar-refractivity contribution in [2.24, 2.45) is 5.92 Å². The van der Waals surface area contributed by atoms with E-state index >= 15 is 0 Å². The molecule has 5 heteroatoms. The minimum absolute atomic E-state index is 0.0154. The molecule has 0 radical (unpaired) electrons. The molecule has 1 N–H and O–H groups in total. The summed E-state index contributed by atoms with van der Waals surface area (Å²) in [6.07, 6.45) is 1.92. The normalized spacial score (nSPS) is 20.5. The molecule has 23 heavy (non-hydrogen) atoms. The summed E-state index contributed by atoms with van der Waals surface area (Å²) in [5, 5.41) is 3.44. The number of hydrogen-bond acceptors (Lipinski definition) is 4. The molecule has 4 nitrogen and oxygen atoms in total. The van der Waals surface area contributed by atoms with Gasteiger partial charge in [0.1, 0.15) is 30.0 Å². The Morgan fingerprint density at radius 1 is 1.22 bits per heavy atom. The second-order valence-corrected chi connectivity index (χ2v) is 6.76. The maximum Gasteiger partial charge on any atom is 0.172 e. The van der Waals surface area contributed by atoms with Gasteiger partial charge in [0.25, 0.3) is 0 Å². The van der Waals surface area contributed by atoms with Gasteiger partial charge in [0.2, 0.25) is 0 Å². The summed E-state index contributed by atoms with van der Waals surface area (Å²) in [4.78, 5) is 11.6. The largest absolute Gasteiger partial charge is 0.490 e. The zero-order valence-electron chi connectivity index (χ0n) is 14.3. The van der Waals surface area contributed by atoms with Gasteiger partial charge in [0, 0.05) is 36.2 Å². The van der Waals surface area contributed by atoms with Crippen LogP contribution in [-0.2, 0) is 4.79 Å². The first kappa shape index (κ1) is 17.7. The lowest BCUT2D eigenvalue weighted by molar-refractivity contribution is -0.123. The monoisotopic (exact) mass is 323 g/mol.